The summed E-state index contributed by atoms with van der Waals surface area (Å²) in [5.41, 5.74) is 1.25. The number of fused-ring (bicyclic) bond motifs is 1. The second kappa shape index (κ2) is 2.46. The number of benzene rings is 1. The van der Waals surface area contributed by atoms with Gasteiger partial charge in [-0.2, -0.15) is 0 Å². The van der Waals surface area contributed by atoms with Gasteiger partial charge < -0.3 is 0 Å². The van der Waals surface area contributed by atoms with E-state index in [1.165, 1.54) is 5.56 Å². The normalized spacial score (nSPS) is 14.6. The summed E-state index contributed by atoms with van der Waals surface area (Å²) >= 11 is 0. The van der Waals surface area contributed by atoms with Crippen LogP contribution in [0.1, 0.15) is 5.56 Å². The van der Waals surface area contributed by atoms with Gasteiger partial charge in [0, 0.05) is 0 Å². The topological polar surface area (TPSA) is 24.7 Å². The number of aryl methyl sites for hydroxylation is 1. The van der Waals surface area contributed by atoms with E-state index >= 15 is 0 Å². The minimum atomic E-state index is 0.843. The van der Waals surface area contributed by atoms with E-state index in [1.807, 2.05) is 6.07 Å². The molecule has 11 heavy (non-hydrogen) atoms. The standard InChI is InChI=1S/C9H10N2/c1-7-2-3-8-9(6-7)11-5-4-10-8/h2-3,6H,4-5H2,1H3. The van der Waals surface area contributed by atoms with E-state index in [-0.39, 0.29) is 0 Å². The minimum absolute atomic E-state index is 0.843. The van der Waals surface area contributed by atoms with Gasteiger partial charge in [0.05, 0.1) is 23.8 Å². The molecule has 1 aliphatic heterocycles. The Labute approximate surface area is 65.3 Å². The second-order valence-electron chi connectivity index (χ2n) is 2.76. The van der Waals surface area contributed by atoms with Crippen molar-refractivity contribution in [1.82, 2.24) is 0 Å². The van der Waals surface area contributed by atoms with Crippen molar-refractivity contribution in [1.29, 1.82) is 0 Å². The molecule has 0 spiro atoms. The lowest BCUT2D eigenvalue weighted by Gasteiger charge is -1.98. The van der Waals surface area contributed by atoms with E-state index in [9.17, 15) is 0 Å². The Bertz CT molecular complexity index is 379. The first kappa shape index (κ1) is 6.53. The molecule has 0 aromatic heterocycles. The molecule has 1 heterocycles. The number of hydrogen-bond donors (Lipinski definition) is 0. The van der Waals surface area contributed by atoms with Gasteiger partial charge in [-0.3, -0.25) is 9.98 Å². The van der Waals surface area contributed by atoms with E-state index in [1.54, 1.807) is 0 Å². The largest absolute Gasteiger partial charge is 0.281 e. The van der Waals surface area contributed by atoms with Crippen LogP contribution < -0.4 is 10.7 Å². The average Bonchev–Trinajstić information content (AvgIpc) is 2.04. The summed E-state index contributed by atoms with van der Waals surface area (Å²) in [7, 11) is 0. The van der Waals surface area contributed by atoms with Crippen molar-refractivity contribution in [3.63, 3.8) is 0 Å². The monoisotopic (exact) mass is 146 g/mol. The summed E-state index contributed by atoms with van der Waals surface area (Å²) in [5.74, 6) is 0. The fourth-order valence-corrected chi connectivity index (χ4v) is 1.23. The zero-order valence-electron chi connectivity index (χ0n) is 6.54. The third-order valence-electron chi connectivity index (χ3n) is 1.80. The highest BCUT2D eigenvalue weighted by molar-refractivity contribution is 5.12. The van der Waals surface area contributed by atoms with Gasteiger partial charge >= 0.3 is 0 Å². The lowest BCUT2D eigenvalue weighted by atomic mass is 10.2. The minimum Gasteiger partial charge on any atom is -0.281 e. The van der Waals surface area contributed by atoms with Crippen LogP contribution in [0.2, 0.25) is 0 Å². The van der Waals surface area contributed by atoms with Crippen molar-refractivity contribution in [2.75, 3.05) is 13.1 Å². The molecule has 0 saturated carbocycles. The molecule has 0 unspecified atom stereocenters. The quantitative estimate of drug-likeness (QED) is 0.501. The van der Waals surface area contributed by atoms with Gasteiger partial charge in [0.25, 0.3) is 0 Å². The SMILES string of the molecule is Cc1ccc2c(c1)=NCCN=2. The maximum Gasteiger partial charge on any atom is 0.0829 e. The summed E-state index contributed by atoms with van der Waals surface area (Å²) in [6.07, 6.45) is 0. The van der Waals surface area contributed by atoms with Crippen molar-refractivity contribution in [3.05, 3.63) is 34.5 Å². The lowest BCUT2D eigenvalue weighted by molar-refractivity contribution is 0.863. The molecule has 0 N–H and O–H groups in total. The number of rotatable bonds is 0. The molecule has 0 radical (unpaired) electrons. The predicted molar refractivity (Wildman–Crippen MR) is 43.2 cm³/mol. The Morgan fingerprint density at radius 2 is 1.82 bits per heavy atom. The molecular weight excluding hydrogens is 136 g/mol. The molecule has 0 amide bonds. The molecule has 2 nitrogen and oxygen atoms in total. The first-order valence-corrected chi connectivity index (χ1v) is 3.82. The van der Waals surface area contributed by atoms with Crippen LogP contribution in [-0.2, 0) is 0 Å². The third-order valence-corrected chi connectivity index (χ3v) is 1.80. The van der Waals surface area contributed by atoms with E-state index in [4.69, 9.17) is 0 Å². The van der Waals surface area contributed by atoms with Crippen LogP contribution in [0.5, 0.6) is 0 Å². The van der Waals surface area contributed by atoms with Crippen molar-refractivity contribution in [2.24, 2.45) is 9.98 Å². The van der Waals surface area contributed by atoms with Crippen molar-refractivity contribution < 1.29 is 0 Å². The van der Waals surface area contributed by atoms with Crippen LogP contribution in [0.15, 0.2) is 28.2 Å². The zero-order valence-corrected chi connectivity index (χ0v) is 6.54. The van der Waals surface area contributed by atoms with Crippen molar-refractivity contribution in [3.8, 4) is 0 Å². The van der Waals surface area contributed by atoms with Crippen molar-refractivity contribution >= 4 is 0 Å². The van der Waals surface area contributed by atoms with Gasteiger partial charge in [0.15, 0.2) is 0 Å². The smallest absolute Gasteiger partial charge is 0.0829 e. The maximum atomic E-state index is 4.36. The molecule has 0 atom stereocenters. The highest BCUT2D eigenvalue weighted by atomic mass is 14.8. The summed E-state index contributed by atoms with van der Waals surface area (Å²) in [5, 5.41) is 2.10. The molecule has 0 aliphatic carbocycles. The second-order valence-corrected chi connectivity index (χ2v) is 2.76. The Hall–Kier alpha value is -1.18. The highest BCUT2D eigenvalue weighted by Gasteiger charge is 1.93. The summed E-state index contributed by atoms with van der Waals surface area (Å²) < 4.78 is 0. The Kier molecular flexibility index (Phi) is 1.46. The molecule has 2 rings (SSSR count). The number of nitrogens with zero attached hydrogens (tertiary/aromatic N) is 2. The fraction of sp³-hybridized carbons (Fsp3) is 0.333. The lowest BCUT2D eigenvalue weighted by Crippen LogP contribution is -2.29. The Morgan fingerprint density at radius 1 is 1.09 bits per heavy atom. The van der Waals surface area contributed by atoms with Crippen LogP contribution in [0.3, 0.4) is 0 Å². The first-order valence-electron chi connectivity index (χ1n) is 3.82. The van der Waals surface area contributed by atoms with Gasteiger partial charge in [-0.1, -0.05) is 6.07 Å². The van der Waals surface area contributed by atoms with Crippen molar-refractivity contribution in [2.45, 2.75) is 6.92 Å². The molecule has 1 aromatic carbocycles. The van der Waals surface area contributed by atoms with Gasteiger partial charge in [-0.25, -0.2) is 0 Å². The van der Waals surface area contributed by atoms with Gasteiger partial charge in [-0.05, 0) is 24.6 Å². The maximum absolute atomic E-state index is 4.36. The van der Waals surface area contributed by atoms with E-state index in [2.05, 4.69) is 29.0 Å². The molecule has 0 bridgehead atoms. The average molecular weight is 146 g/mol. The van der Waals surface area contributed by atoms with E-state index in [0.29, 0.717) is 0 Å². The molecule has 2 heteroatoms. The zero-order chi connectivity index (χ0) is 7.68. The molecule has 1 aromatic rings. The van der Waals surface area contributed by atoms with Crippen LogP contribution >= 0.6 is 0 Å². The van der Waals surface area contributed by atoms with Gasteiger partial charge in [-0.15, -0.1) is 0 Å². The molecule has 1 aliphatic rings. The first-order chi connectivity index (χ1) is 5.36. The third kappa shape index (κ3) is 1.16. The highest BCUT2D eigenvalue weighted by Crippen LogP contribution is 1.87. The fourth-order valence-electron chi connectivity index (χ4n) is 1.23. The molecule has 56 valence electrons. The Balaban J connectivity index is 2.80. The van der Waals surface area contributed by atoms with E-state index < -0.39 is 0 Å². The van der Waals surface area contributed by atoms with Gasteiger partial charge in [0.1, 0.15) is 0 Å². The van der Waals surface area contributed by atoms with Crippen LogP contribution in [0.4, 0.5) is 0 Å². The van der Waals surface area contributed by atoms with Crippen LogP contribution in [-0.4, -0.2) is 13.1 Å². The molecule has 0 fully saturated rings. The summed E-state index contributed by atoms with van der Waals surface area (Å²) in [6.45, 7) is 3.76. The molecular formula is C9H10N2. The van der Waals surface area contributed by atoms with Crippen LogP contribution in [0, 0.1) is 6.92 Å². The van der Waals surface area contributed by atoms with E-state index in [0.717, 1.165) is 23.8 Å². The number of hydrogen-bond acceptors (Lipinski definition) is 2. The predicted octanol–water partition coefficient (Wildman–Crippen LogP) is 0.248. The summed E-state index contributed by atoms with van der Waals surface area (Å²) in [6, 6.07) is 6.19. The van der Waals surface area contributed by atoms with Gasteiger partial charge in [0.2, 0.25) is 0 Å². The van der Waals surface area contributed by atoms with Crippen LogP contribution in [0.25, 0.3) is 0 Å². The summed E-state index contributed by atoms with van der Waals surface area (Å²) in [4.78, 5) is 8.70. The Morgan fingerprint density at radius 3 is 2.64 bits per heavy atom. The molecule has 0 saturated heterocycles.